The maximum Gasteiger partial charge on any atom is 0.283 e. The van der Waals surface area contributed by atoms with Gasteiger partial charge in [-0.25, -0.2) is 0 Å². The van der Waals surface area contributed by atoms with Crippen LogP contribution in [0, 0.1) is 6.92 Å². The molecule has 0 radical (unpaired) electrons. The third-order valence-corrected chi connectivity index (χ3v) is 1.61. The summed E-state index contributed by atoms with van der Waals surface area (Å²) in [5.74, 6) is 0. The van der Waals surface area contributed by atoms with E-state index in [1.807, 2.05) is 25.1 Å². The third kappa shape index (κ3) is 1.25. The number of aromatic nitrogens is 1. The van der Waals surface area contributed by atoms with Gasteiger partial charge in [0.15, 0.2) is 0 Å². The van der Waals surface area contributed by atoms with Gasteiger partial charge in [-0.15, -0.1) is 0 Å². The SMILES string of the molecule is Cc1cccc(C2OC=CO2)n1. The average Bonchev–Trinajstić information content (AvgIpc) is 2.56. The molecule has 3 nitrogen and oxygen atoms in total. The van der Waals surface area contributed by atoms with Crippen LogP contribution in [0.25, 0.3) is 0 Å². The van der Waals surface area contributed by atoms with Crippen LogP contribution in [0.3, 0.4) is 0 Å². The van der Waals surface area contributed by atoms with Gasteiger partial charge in [0.2, 0.25) is 0 Å². The van der Waals surface area contributed by atoms with Crippen LogP contribution in [0.2, 0.25) is 0 Å². The normalized spacial score (nSPS) is 15.8. The van der Waals surface area contributed by atoms with Gasteiger partial charge in [0.25, 0.3) is 6.29 Å². The average molecular weight is 163 g/mol. The lowest BCUT2D eigenvalue weighted by Crippen LogP contribution is -2.01. The van der Waals surface area contributed by atoms with Crippen LogP contribution in [-0.2, 0) is 9.47 Å². The van der Waals surface area contributed by atoms with Gasteiger partial charge in [0, 0.05) is 5.69 Å². The molecule has 2 rings (SSSR count). The number of hydrogen-bond donors (Lipinski definition) is 0. The molecule has 0 amide bonds. The van der Waals surface area contributed by atoms with Crippen molar-refractivity contribution < 1.29 is 9.47 Å². The molecule has 2 heterocycles. The maximum atomic E-state index is 5.13. The van der Waals surface area contributed by atoms with Crippen molar-refractivity contribution in [2.24, 2.45) is 0 Å². The third-order valence-electron chi connectivity index (χ3n) is 1.61. The van der Waals surface area contributed by atoms with Crippen molar-refractivity contribution in [1.29, 1.82) is 0 Å². The van der Waals surface area contributed by atoms with Crippen molar-refractivity contribution >= 4 is 0 Å². The van der Waals surface area contributed by atoms with E-state index in [1.165, 1.54) is 12.5 Å². The van der Waals surface area contributed by atoms with E-state index in [0.29, 0.717) is 0 Å². The molecule has 1 aliphatic heterocycles. The minimum atomic E-state index is -0.357. The Morgan fingerprint density at radius 1 is 1.25 bits per heavy atom. The molecule has 12 heavy (non-hydrogen) atoms. The van der Waals surface area contributed by atoms with Crippen LogP contribution >= 0.6 is 0 Å². The van der Waals surface area contributed by atoms with E-state index in [0.717, 1.165) is 11.4 Å². The Kier molecular flexibility index (Phi) is 1.70. The highest BCUT2D eigenvalue weighted by atomic mass is 16.7. The Hall–Kier alpha value is -1.51. The molecule has 0 N–H and O–H groups in total. The highest BCUT2D eigenvalue weighted by Crippen LogP contribution is 2.21. The molecule has 1 aliphatic rings. The standard InChI is InChI=1S/C9H9NO2/c1-7-3-2-4-8(10-7)9-11-5-6-12-9/h2-6,9H,1H3. The van der Waals surface area contributed by atoms with E-state index in [9.17, 15) is 0 Å². The Bertz CT molecular complexity index is 301. The lowest BCUT2D eigenvalue weighted by atomic mass is 10.3. The summed E-state index contributed by atoms with van der Waals surface area (Å²) in [6.45, 7) is 1.94. The van der Waals surface area contributed by atoms with Crippen LogP contribution in [0.5, 0.6) is 0 Å². The second-order valence-electron chi connectivity index (χ2n) is 2.58. The van der Waals surface area contributed by atoms with E-state index >= 15 is 0 Å². The van der Waals surface area contributed by atoms with Crippen LogP contribution in [0.4, 0.5) is 0 Å². The fraction of sp³-hybridized carbons (Fsp3) is 0.222. The topological polar surface area (TPSA) is 31.4 Å². The summed E-state index contributed by atoms with van der Waals surface area (Å²) in [6.07, 6.45) is 2.69. The van der Waals surface area contributed by atoms with Crippen molar-refractivity contribution in [3.05, 3.63) is 42.1 Å². The molecule has 62 valence electrons. The zero-order valence-electron chi connectivity index (χ0n) is 6.73. The smallest absolute Gasteiger partial charge is 0.283 e. The lowest BCUT2D eigenvalue weighted by molar-refractivity contribution is -0.0280. The van der Waals surface area contributed by atoms with Gasteiger partial charge in [0.05, 0.1) is 0 Å². The fourth-order valence-electron chi connectivity index (χ4n) is 1.07. The highest BCUT2D eigenvalue weighted by Gasteiger charge is 2.16. The van der Waals surface area contributed by atoms with Crippen molar-refractivity contribution in [1.82, 2.24) is 4.98 Å². The number of hydrogen-bond acceptors (Lipinski definition) is 3. The zero-order valence-corrected chi connectivity index (χ0v) is 6.73. The van der Waals surface area contributed by atoms with Crippen LogP contribution < -0.4 is 0 Å². The van der Waals surface area contributed by atoms with Gasteiger partial charge >= 0.3 is 0 Å². The number of nitrogens with zero attached hydrogens (tertiary/aromatic N) is 1. The van der Waals surface area contributed by atoms with E-state index in [-0.39, 0.29) is 6.29 Å². The molecule has 0 atom stereocenters. The van der Waals surface area contributed by atoms with Gasteiger partial charge in [-0.3, -0.25) is 4.98 Å². The molecule has 0 fully saturated rings. The number of rotatable bonds is 1. The second kappa shape index (κ2) is 2.85. The molecule has 3 heteroatoms. The first kappa shape index (κ1) is 7.16. The van der Waals surface area contributed by atoms with Crippen molar-refractivity contribution in [2.75, 3.05) is 0 Å². The fourth-order valence-corrected chi connectivity index (χ4v) is 1.07. The van der Waals surface area contributed by atoms with Gasteiger partial charge in [-0.1, -0.05) is 6.07 Å². The molecule has 1 aromatic heterocycles. The van der Waals surface area contributed by atoms with Gasteiger partial charge in [-0.05, 0) is 19.1 Å². The van der Waals surface area contributed by atoms with E-state index in [4.69, 9.17) is 9.47 Å². The molecule has 1 aromatic rings. The van der Waals surface area contributed by atoms with E-state index in [2.05, 4.69) is 4.98 Å². The molecule has 0 unspecified atom stereocenters. The quantitative estimate of drug-likeness (QED) is 0.633. The largest absolute Gasteiger partial charge is 0.454 e. The van der Waals surface area contributed by atoms with Gasteiger partial charge < -0.3 is 9.47 Å². The summed E-state index contributed by atoms with van der Waals surface area (Å²) in [6, 6.07) is 5.75. The second-order valence-corrected chi connectivity index (χ2v) is 2.58. The zero-order chi connectivity index (χ0) is 8.39. The summed E-state index contributed by atoms with van der Waals surface area (Å²) < 4.78 is 10.3. The number of aryl methyl sites for hydroxylation is 1. The molecule has 0 spiro atoms. The first-order valence-electron chi connectivity index (χ1n) is 3.76. The Labute approximate surface area is 70.6 Å². The van der Waals surface area contributed by atoms with Gasteiger partial charge in [-0.2, -0.15) is 0 Å². The minimum Gasteiger partial charge on any atom is -0.454 e. The predicted octanol–water partition coefficient (Wildman–Crippen LogP) is 1.91. The van der Waals surface area contributed by atoms with Crippen LogP contribution in [0.15, 0.2) is 30.7 Å². The molecular formula is C9H9NO2. The molecule has 0 bridgehead atoms. The minimum absolute atomic E-state index is 0.357. The van der Waals surface area contributed by atoms with E-state index < -0.39 is 0 Å². The maximum absolute atomic E-state index is 5.13. The monoisotopic (exact) mass is 163 g/mol. The first-order chi connectivity index (χ1) is 5.86. The van der Waals surface area contributed by atoms with Crippen molar-refractivity contribution in [2.45, 2.75) is 13.2 Å². The summed E-state index contributed by atoms with van der Waals surface area (Å²) >= 11 is 0. The molecule has 0 aliphatic carbocycles. The summed E-state index contributed by atoms with van der Waals surface area (Å²) in [5, 5.41) is 0. The van der Waals surface area contributed by atoms with Crippen molar-refractivity contribution in [3.8, 4) is 0 Å². The van der Waals surface area contributed by atoms with E-state index in [1.54, 1.807) is 0 Å². The van der Waals surface area contributed by atoms with Crippen LogP contribution in [-0.4, -0.2) is 4.98 Å². The van der Waals surface area contributed by atoms with Crippen molar-refractivity contribution in [3.63, 3.8) is 0 Å². The number of ether oxygens (including phenoxy) is 2. The highest BCUT2D eigenvalue weighted by molar-refractivity contribution is 5.11. The van der Waals surface area contributed by atoms with Crippen LogP contribution in [0.1, 0.15) is 17.7 Å². The number of pyridine rings is 1. The van der Waals surface area contributed by atoms with Gasteiger partial charge in [0.1, 0.15) is 18.2 Å². The first-order valence-corrected chi connectivity index (χ1v) is 3.76. The molecule has 0 aromatic carbocycles. The summed E-state index contributed by atoms with van der Waals surface area (Å²) in [4.78, 5) is 4.27. The Balaban J connectivity index is 2.22. The molecule has 0 saturated carbocycles. The molecule has 0 saturated heterocycles. The predicted molar refractivity (Wildman–Crippen MR) is 43.0 cm³/mol. The molecular weight excluding hydrogens is 154 g/mol. The Morgan fingerprint density at radius 2 is 2.00 bits per heavy atom. The summed E-state index contributed by atoms with van der Waals surface area (Å²) in [7, 11) is 0. The summed E-state index contributed by atoms with van der Waals surface area (Å²) in [5.41, 5.74) is 1.77. The Morgan fingerprint density at radius 3 is 2.67 bits per heavy atom. The lowest BCUT2D eigenvalue weighted by Gasteiger charge is -2.09.